The molecule has 27 heavy (non-hydrogen) atoms. The molecule has 0 spiro atoms. The Kier molecular flexibility index (Phi) is 7.67. The molecule has 0 bridgehead atoms. The lowest BCUT2D eigenvalue weighted by atomic mass is 10.2. The van der Waals surface area contributed by atoms with Gasteiger partial charge in [0.1, 0.15) is 31.1 Å². The van der Waals surface area contributed by atoms with E-state index in [0.29, 0.717) is 23.6 Å². The fourth-order valence-corrected chi connectivity index (χ4v) is 2.14. The smallest absolute Gasteiger partial charge is 0.338 e. The van der Waals surface area contributed by atoms with Gasteiger partial charge in [0.15, 0.2) is 0 Å². The van der Waals surface area contributed by atoms with Crippen LogP contribution >= 0.6 is 0 Å². The number of benzene rings is 2. The van der Waals surface area contributed by atoms with Crippen molar-refractivity contribution in [3.63, 3.8) is 0 Å². The van der Waals surface area contributed by atoms with Crippen LogP contribution in [-0.4, -0.2) is 31.7 Å². The van der Waals surface area contributed by atoms with E-state index in [2.05, 4.69) is 5.32 Å². The second kappa shape index (κ2) is 10.5. The molecule has 2 aromatic carbocycles. The number of nitrogens with zero attached hydrogens (tertiary/aromatic N) is 1. The minimum absolute atomic E-state index is 0.104. The number of carbonyl (C=O) groups is 2. The second-order valence-electron chi connectivity index (χ2n) is 5.35. The molecule has 0 aliphatic carbocycles. The predicted molar refractivity (Wildman–Crippen MR) is 98.7 cm³/mol. The molecule has 0 aliphatic heterocycles. The Bertz CT molecular complexity index is 795. The van der Waals surface area contributed by atoms with Gasteiger partial charge in [-0.05, 0) is 55.5 Å². The molecule has 0 radical (unpaired) electrons. The van der Waals surface area contributed by atoms with Crippen LogP contribution in [0, 0.1) is 11.3 Å². The summed E-state index contributed by atoms with van der Waals surface area (Å²) in [4.78, 5) is 23.3. The summed E-state index contributed by atoms with van der Waals surface area (Å²) in [6.45, 7) is 2.84. The van der Waals surface area contributed by atoms with Crippen LogP contribution in [0.4, 0.5) is 5.69 Å². The molecule has 1 N–H and O–H groups in total. The number of esters is 1. The van der Waals surface area contributed by atoms with Crippen molar-refractivity contribution in [3.05, 3.63) is 54.1 Å². The zero-order valence-corrected chi connectivity index (χ0v) is 14.9. The lowest BCUT2D eigenvalue weighted by molar-refractivity contribution is -0.115. The molecule has 0 aliphatic rings. The first-order valence-corrected chi connectivity index (χ1v) is 8.42. The zero-order valence-electron chi connectivity index (χ0n) is 14.9. The van der Waals surface area contributed by atoms with Gasteiger partial charge in [-0.2, -0.15) is 5.26 Å². The van der Waals surface area contributed by atoms with Crippen LogP contribution in [0.5, 0.6) is 11.5 Å². The van der Waals surface area contributed by atoms with Gasteiger partial charge in [0.25, 0.3) is 0 Å². The lowest BCUT2D eigenvalue weighted by Crippen LogP contribution is -2.13. The maximum absolute atomic E-state index is 12.0. The monoisotopic (exact) mass is 368 g/mol. The normalized spacial score (nSPS) is 9.78. The van der Waals surface area contributed by atoms with Crippen LogP contribution in [0.3, 0.4) is 0 Å². The van der Waals surface area contributed by atoms with Crippen LogP contribution < -0.4 is 14.8 Å². The van der Waals surface area contributed by atoms with E-state index in [9.17, 15) is 9.59 Å². The number of nitrogens with one attached hydrogen (secondary N) is 1. The van der Waals surface area contributed by atoms with Crippen molar-refractivity contribution in [2.45, 2.75) is 13.3 Å². The van der Waals surface area contributed by atoms with Crippen molar-refractivity contribution >= 4 is 17.6 Å². The van der Waals surface area contributed by atoms with E-state index >= 15 is 0 Å². The molecule has 0 aromatic heterocycles. The molecule has 140 valence electrons. The van der Waals surface area contributed by atoms with Gasteiger partial charge in [-0.1, -0.05) is 0 Å². The first-order valence-electron chi connectivity index (χ1n) is 8.42. The van der Waals surface area contributed by atoms with Crippen LogP contribution in [-0.2, 0) is 9.53 Å². The maximum atomic E-state index is 12.0. The molecule has 2 rings (SSSR count). The highest BCUT2D eigenvalue weighted by Gasteiger charge is 2.08. The minimum atomic E-state index is -0.486. The number of ether oxygens (including phenoxy) is 3. The Morgan fingerprint density at radius 2 is 1.59 bits per heavy atom. The minimum Gasteiger partial charge on any atom is -0.494 e. The fourth-order valence-electron chi connectivity index (χ4n) is 2.14. The van der Waals surface area contributed by atoms with Crippen molar-refractivity contribution in [1.82, 2.24) is 0 Å². The van der Waals surface area contributed by atoms with Gasteiger partial charge in [-0.3, -0.25) is 4.79 Å². The quantitative estimate of drug-likeness (QED) is 0.539. The summed E-state index contributed by atoms with van der Waals surface area (Å²) in [6, 6.07) is 15.2. The average molecular weight is 368 g/mol. The third-order valence-corrected chi connectivity index (χ3v) is 3.36. The topological polar surface area (TPSA) is 97.7 Å². The third-order valence-electron chi connectivity index (χ3n) is 3.36. The lowest BCUT2D eigenvalue weighted by Gasteiger charge is -2.09. The Morgan fingerprint density at radius 1 is 0.963 bits per heavy atom. The van der Waals surface area contributed by atoms with Gasteiger partial charge in [0.05, 0.1) is 18.2 Å². The molecule has 0 heterocycles. The van der Waals surface area contributed by atoms with Crippen molar-refractivity contribution in [3.8, 4) is 17.6 Å². The summed E-state index contributed by atoms with van der Waals surface area (Å²) in [7, 11) is 0. The van der Waals surface area contributed by atoms with Gasteiger partial charge in [0.2, 0.25) is 5.91 Å². The molecular formula is C20H20N2O5. The van der Waals surface area contributed by atoms with E-state index in [1.165, 1.54) is 12.1 Å². The largest absolute Gasteiger partial charge is 0.494 e. The van der Waals surface area contributed by atoms with Crippen molar-refractivity contribution in [1.29, 1.82) is 5.26 Å². The number of amides is 1. The van der Waals surface area contributed by atoms with E-state index in [1.54, 1.807) is 30.3 Å². The summed E-state index contributed by atoms with van der Waals surface area (Å²) in [6.07, 6.45) is -0.224. The van der Waals surface area contributed by atoms with E-state index in [0.717, 1.165) is 5.75 Å². The highest BCUT2D eigenvalue weighted by atomic mass is 16.6. The maximum Gasteiger partial charge on any atom is 0.338 e. The molecule has 1 amide bonds. The summed E-state index contributed by atoms with van der Waals surface area (Å²) in [5.41, 5.74) is 0.861. The van der Waals surface area contributed by atoms with Crippen LogP contribution in [0.2, 0.25) is 0 Å². The SMILES string of the molecule is CCOc1ccc(OCCOC(=O)c2ccc(NC(=O)CC#N)cc2)cc1. The van der Waals surface area contributed by atoms with E-state index in [4.69, 9.17) is 19.5 Å². The zero-order chi connectivity index (χ0) is 19.5. The van der Waals surface area contributed by atoms with Crippen molar-refractivity contribution in [2.75, 3.05) is 25.1 Å². The Balaban J connectivity index is 1.73. The van der Waals surface area contributed by atoms with Crippen LogP contribution in [0.15, 0.2) is 48.5 Å². The summed E-state index contributed by atoms with van der Waals surface area (Å²) < 4.78 is 16.0. The number of anilines is 1. The number of carbonyl (C=O) groups excluding carboxylic acids is 2. The molecular weight excluding hydrogens is 348 g/mol. The summed E-state index contributed by atoms with van der Waals surface area (Å²) in [5.74, 6) is 0.537. The Morgan fingerprint density at radius 3 is 2.19 bits per heavy atom. The van der Waals surface area contributed by atoms with Gasteiger partial charge >= 0.3 is 5.97 Å². The number of hydrogen-bond acceptors (Lipinski definition) is 6. The van der Waals surface area contributed by atoms with Crippen molar-refractivity contribution < 1.29 is 23.8 Å². The Hall–Kier alpha value is -3.53. The highest BCUT2D eigenvalue weighted by molar-refractivity contribution is 5.93. The van der Waals surface area contributed by atoms with Gasteiger partial charge < -0.3 is 19.5 Å². The fraction of sp³-hybridized carbons (Fsp3) is 0.250. The number of nitriles is 1. The predicted octanol–water partition coefficient (Wildman–Crippen LogP) is 3.17. The summed E-state index contributed by atoms with van der Waals surface area (Å²) >= 11 is 0. The van der Waals surface area contributed by atoms with Gasteiger partial charge in [0, 0.05) is 5.69 Å². The van der Waals surface area contributed by atoms with Gasteiger partial charge in [-0.15, -0.1) is 0 Å². The standard InChI is InChI=1S/C20H20N2O5/c1-2-25-17-7-9-18(10-8-17)26-13-14-27-20(24)15-3-5-16(6-4-15)22-19(23)11-12-21/h3-10H,2,11,13-14H2,1H3,(H,22,23). The van der Waals surface area contributed by atoms with E-state index < -0.39 is 11.9 Å². The van der Waals surface area contributed by atoms with Gasteiger partial charge in [-0.25, -0.2) is 4.79 Å². The molecule has 0 saturated carbocycles. The molecule has 0 fully saturated rings. The second-order valence-corrected chi connectivity index (χ2v) is 5.35. The van der Waals surface area contributed by atoms with Crippen LogP contribution in [0.25, 0.3) is 0 Å². The van der Waals surface area contributed by atoms with Crippen LogP contribution in [0.1, 0.15) is 23.7 Å². The molecule has 0 saturated heterocycles. The van der Waals surface area contributed by atoms with E-state index in [1.807, 2.05) is 19.1 Å². The highest BCUT2D eigenvalue weighted by Crippen LogP contribution is 2.17. The Labute approximate surface area is 157 Å². The molecule has 7 heteroatoms. The molecule has 0 atom stereocenters. The summed E-state index contributed by atoms with van der Waals surface area (Å²) in [5, 5.41) is 11.0. The number of rotatable bonds is 9. The average Bonchev–Trinajstić information content (AvgIpc) is 2.67. The first-order chi connectivity index (χ1) is 13.1. The molecule has 0 unspecified atom stereocenters. The van der Waals surface area contributed by atoms with Crippen molar-refractivity contribution in [2.24, 2.45) is 0 Å². The first kappa shape index (κ1) is 19.8. The third kappa shape index (κ3) is 6.71. The van der Waals surface area contributed by atoms with E-state index in [-0.39, 0.29) is 19.6 Å². The number of hydrogen-bond donors (Lipinski definition) is 1. The molecule has 7 nitrogen and oxygen atoms in total. The molecule has 2 aromatic rings.